The summed E-state index contributed by atoms with van der Waals surface area (Å²) in [6.45, 7) is 10.0. The Morgan fingerprint density at radius 3 is 0.841 bits per heavy atom. The van der Waals surface area contributed by atoms with Crippen LogP contribution in [-0.4, -0.2) is 13.7 Å². The average Bonchev–Trinajstić information content (AvgIpc) is 4.00. The van der Waals surface area contributed by atoms with Gasteiger partial charge in [0.05, 0.1) is 0 Å². The molecular formula is C66H69N3. The Labute approximate surface area is 410 Å². The van der Waals surface area contributed by atoms with Gasteiger partial charge in [-0.15, -0.1) is 0 Å². The molecule has 7 aromatic carbocycles. The van der Waals surface area contributed by atoms with E-state index in [1.807, 2.05) is 0 Å². The summed E-state index contributed by atoms with van der Waals surface area (Å²) in [5, 5.41) is 8.00. The van der Waals surface area contributed by atoms with Crippen molar-refractivity contribution in [1.82, 2.24) is 13.7 Å². The van der Waals surface area contributed by atoms with Crippen molar-refractivity contribution in [3.8, 4) is 0 Å². The molecule has 0 fully saturated rings. The van der Waals surface area contributed by atoms with E-state index in [0.717, 1.165) is 19.6 Å². The van der Waals surface area contributed by atoms with Gasteiger partial charge in [0, 0.05) is 85.1 Å². The molecule has 0 aliphatic carbocycles. The minimum atomic E-state index is 1.06. The van der Waals surface area contributed by atoms with Crippen LogP contribution in [0.25, 0.3) is 102 Å². The molecule has 69 heavy (non-hydrogen) atoms. The standard InChI is InChI=1S/C66H69N3/c1-4-7-10-19-40-67-61-25-16-13-22-55(61)58-46-49(34-37-64(58)67)28-31-52-43-53(32-29-50-35-38-65-59(47-50)56-23-14-17-26-62(56)68(65)41-20-11-8-5-2)45-54(44-52)33-30-51-36-39-66-60(48-51)57-24-15-18-27-63(57)69(66)42-21-12-9-6-3/h13-18,22-39,43-48H,4-12,19-21,40-42H2,1-3H3/b31-28+,32-29+,33-30+. The van der Waals surface area contributed by atoms with Gasteiger partial charge in [0.15, 0.2) is 0 Å². The number of hydrogen-bond acceptors (Lipinski definition) is 0. The normalized spacial score (nSPS) is 12.4. The minimum absolute atomic E-state index is 1.06. The maximum Gasteiger partial charge on any atom is 0.0491 e. The number of hydrogen-bond donors (Lipinski definition) is 0. The van der Waals surface area contributed by atoms with Crippen molar-refractivity contribution in [3.05, 3.63) is 179 Å². The lowest BCUT2D eigenvalue weighted by molar-refractivity contribution is 0.602. The largest absolute Gasteiger partial charge is 0.340 e. The maximum absolute atomic E-state index is 2.54. The monoisotopic (exact) mass is 904 g/mol. The second kappa shape index (κ2) is 21.6. The summed E-state index contributed by atoms with van der Waals surface area (Å²) in [4.78, 5) is 0. The first-order valence-corrected chi connectivity index (χ1v) is 26.3. The Bertz CT molecular complexity index is 3090. The zero-order valence-corrected chi connectivity index (χ0v) is 41.3. The van der Waals surface area contributed by atoms with Gasteiger partial charge in [-0.25, -0.2) is 0 Å². The van der Waals surface area contributed by atoms with E-state index in [4.69, 9.17) is 0 Å². The maximum atomic E-state index is 2.54. The SMILES string of the molecule is CCCCCCn1c2ccccc2c2cc(/C=C/c3cc(/C=C/c4ccc5c(c4)c4ccccc4n5CCCCCC)cc(/C=C/c4ccc5c(c4)c4ccccc4n5CCCCCC)c3)ccc21. The van der Waals surface area contributed by atoms with Gasteiger partial charge < -0.3 is 13.7 Å². The highest BCUT2D eigenvalue weighted by molar-refractivity contribution is 6.11. The first-order chi connectivity index (χ1) is 34.1. The van der Waals surface area contributed by atoms with E-state index in [-0.39, 0.29) is 0 Å². The summed E-state index contributed by atoms with van der Waals surface area (Å²) in [5.74, 6) is 0. The zero-order chi connectivity index (χ0) is 46.9. The fraction of sp³-hybridized carbons (Fsp3) is 0.273. The van der Waals surface area contributed by atoms with Crippen LogP contribution in [0.4, 0.5) is 0 Å². The van der Waals surface area contributed by atoms with Crippen molar-refractivity contribution >= 4 is 102 Å². The molecule has 3 heteroatoms. The first kappa shape index (κ1) is 45.9. The van der Waals surface area contributed by atoms with Gasteiger partial charge in [0.2, 0.25) is 0 Å². The summed E-state index contributed by atoms with van der Waals surface area (Å²) in [7, 11) is 0. The lowest BCUT2D eigenvalue weighted by Gasteiger charge is -2.08. The summed E-state index contributed by atoms with van der Waals surface area (Å²) < 4.78 is 7.62. The number of benzene rings is 7. The molecule has 348 valence electrons. The Hall–Kier alpha value is -6.84. The molecule has 0 bridgehead atoms. The second-order valence-corrected chi connectivity index (χ2v) is 19.5. The average molecular weight is 904 g/mol. The van der Waals surface area contributed by atoms with Crippen LogP contribution < -0.4 is 0 Å². The van der Waals surface area contributed by atoms with E-state index >= 15 is 0 Å². The second-order valence-electron chi connectivity index (χ2n) is 19.5. The lowest BCUT2D eigenvalue weighted by Crippen LogP contribution is -1.97. The summed E-state index contributed by atoms with van der Waals surface area (Å²) in [5.41, 5.74) is 15.2. The van der Waals surface area contributed by atoms with E-state index < -0.39 is 0 Å². The molecule has 0 N–H and O–H groups in total. The third kappa shape index (κ3) is 10.0. The zero-order valence-electron chi connectivity index (χ0n) is 41.3. The van der Waals surface area contributed by atoms with Crippen molar-refractivity contribution in [2.75, 3.05) is 0 Å². The molecule has 0 unspecified atom stereocenters. The quantitative estimate of drug-likeness (QED) is 0.0504. The Kier molecular flexibility index (Phi) is 14.4. The number of unbranched alkanes of at least 4 members (excludes halogenated alkanes) is 9. The molecule has 0 atom stereocenters. The van der Waals surface area contributed by atoms with Crippen LogP contribution in [0.5, 0.6) is 0 Å². The van der Waals surface area contributed by atoms with Gasteiger partial charge in [-0.1, -0.05) is 188 Å². The Balaban J connectivity index is 0.989. The molecule has 0 aliphatic rings. The first-order valence-electron chi connectivity index (χ1n) is 26.3. The van der Waals surface area contributed by atoms with Crippen LogP contribution in [-0.2, 0) is 19.6 Å². The highest BCUT2D eigenvalue weighted by Gasteiger charge is 2.14. The molecule has 10 aromatic rings. The fourth-order valence-corrected chi connectivity index (χ4v) is 10.9. The molecule has 0 saturated heterocycles. The van der Waals surface area contributed by atoms with E-state index in [0.29, 0.717) is 0 Å². The van der Waals surface area contributed by atoms with Crippen molar-refractivity contribution in [2.24, 2.45) is 0 Å². The van der Waals surface area contributed by atoms with E-state index in [2.05, 4.69) is 217 Å². The molecule has 3 aromatic heterocycles. The number of para-hydroxylation sites is 3. The predicted molar refractivity (Wildman–Crippen MR) is 304 cm³/mol. The summed E-state index contributed by atoms with van der Waals surface area (Å²) in [6, 6.07) is 54.8. The van der Waals surface area contributed by atoms with Crippen LogP contribution in [0.1, 0.15) is 131 Å². The summed E-state index contributed by atoms with van der Waals surface area (Å²) >= 11 is 0. The number of aryl methyl sites for hydroxylation is 3. The molecule has 0 amide bonds. The smallest absolute Gasteiger partial charge is 0.0491 e. The molecule has 0 saturated carbocycles. The van der Waals surface area contributed by atoms with Crippen molar-refractivity contribution < 1.29 is 0 Å². The third-order valence-electron chi connectivity index (χ3n) is 14.5. The predicted octanol–water partition coefficient (Wildman–Crippen LogP) is 19.3. The van der Waals surface area contributed by atoms with Gasteiger partial charge in [-0.05, 0) is 125 Å². The topological polar surface area (TPSA) is 14.8 Å². The molecule has 3 heterocycles. The minimum Gasteiger partial charge on any atom is -0.340 e. The highest BCUT2D eigenvalue weighted by Crippen LogP contribution is 2.34. The van der Waals surface area contributed by atoms with Crippen LogP contribution in [0.15, 0.2) is 146 Å². The number of nitrogens with zero attached hydrogens (tertiary/aromatic N) is 3. The van der Waals surface area contributed by atoms with Crippen LogP contribution in [0.3, 0.4) is 0 Å². The number of fused-ring (bicyclic) bond motifs is 9. The molecule has 0 radical (unpaired) electrons. The lowest BCUT2D eigenvalue weighted by atomic mass is 10.0. The van der Waals surface area contributed by atoms with E-state index in [1.165, 1.54) is 176 Å². The van der Waals surface area contributed by atoms with Gasteiger partial charge in [0.1, 0.15) is 0 Å². The van der Waals surface area contributed by atoms with Crippen molar-refractivity contribution in [3.63, 3.8) is 0 Å². The fourth-order valence-electron chi connectivity index (χ4n) is 10.9. The van der Waals surface area contributed by atoms with Gasteiger partial charge in [-0.2, -0.15) is 0 Å². The number of rotatable bonds is 21. The molecular weight excluding hydrogens is 835 g/mol. The highest BCUT2D eigenvalue weighted by atomic mass is 15.0. The van der Waals surface area contributed by atoms with Crippen molar-refractivity contribution in [1.29, 1.82) is 0 Å². The Morgan fingerprint density at radius 2 is 0.536 bits per heavy atom. The van der Waals surface area contributed by atoms with E-state index in [1.54, 1.807) is 0 Å². The third-order valence-corrected chi connectivity index (χ3v) is 14.5. The van der Waals surface area contributed by atoms with Crippen LogP contribution >= 0.6 is 0 Å². The van der Waals surface area contributed by atoms with Crippen LogP contribution in [0, 0.1) is 0 Å². The number of aromatic nitrogens is 3. The summed E-state index contributed by atoms with van der Waals surface area (Å²) in [6.07, 6.45) is 28.9. The molecule has 3 nitrogen and oxygen atoms in total. The van der Waals surface area contributed by atoms with Gasteiger partial charge >= 0.3 is 0 Å². The molecule has 10 rings (SSSR count). The van der Waals surface area contributed by atoms with Crippen LogP contribution in [0.2, 0.25) is 0 Å². The molecule has 0 aliphatic heterocycles. The van der Waals surface area contributed by atoms with Gasteiger partial charge in [-0.3, -0.25) is 0 Å². The Morgan fingerprint density at radius 1 is 0.261 bits per heavy atom. The van der Waals surface area contributed by atoms with E-state index in [9.17, 15) is 0 Å². The van der Waals surface area contributed by atoms with Crippen molar-refractivity contribution in [2.45, 2.75) is 117 Å². The van der Waals surface area contributed by atoms with Gasteiger partial charge in [0.25, 0.3) is 0 Å². The molecule has 0 spiro atoms.